The summed E-state index contributed by atoms with van der Waals surface area (Å²) in [5.74, 6) is -0.125. The normalized spacial score (nSPS) is 18.2. The summed E-state index contributed by atoms with van der Waals surface area (Å²) in [6.07, 6.45) is 4.06. The summed E-state index contributed by atoms with van der Waals surface area (Å²) in [5.41, 5.74) is 0.809. The van der Waals surface area contributed by atoms with E-state index in [1.165, 1.54) is 0 Å². The van der Waals surface area contributed by atoms with Gasteiger partial charge in [-0.1, -0.05) is 17.7 Å². The highest BCUT2D eigenvalue weighted by Crippen LogP contribution is 2.39. The van der Waals surface area contributed by atoms with Crippen molar-refractivity contribution in [2.24, 2.45) is 0 Å². The number of rotatable bonds is 6. The van der Waals surface area contributed by atoms with Crippen LogP contribution in [0.25, 0.3) is 0 Å². The van der Waals surface area contributed by atoms with Gasteiger partial charge in [0.1, 0.15) is 17.5 Å². The van der Waals surface area contributed by atoms with Crippen molar-refractivity contribution in [3.63, 3.8) is 0 Å². The first-order chi connectivity index (χ1) is 18.9. The molecule has 202 valence electrons. The molecule has 39 heavy (non-hydrogen) atoms. The van der Waals surface area contributed by atoms with E-state index in [2.05, 4.69) is 10.3 Å². The molecule has 0 radical (unpaired) electrons. The molecule has 1 aromatic heterocycles. The van der Waals surface area contributed by atoms with Crippen LogP contribution in [0.2, 0.25) is 5.02 Å². The molecule has 5 rings (SSSR count). The monoisotopic (exact) mass is 548 g/mol. The number of methoxy groups -OCH3 is 1. The van der Waals surface area contributed by atoms with Crippen molar-refractivity contribution in [3.05, 3.63) is 94.8 Å². The summed E-state index contributed by atoms with van der Waals surface area (Å²) in [6.45, 7) is 1.09. The van der Waals surface area contributed by atoms with E-state index in [1.54, 1.807) is 77.8 Å². The van der Waals surface area contributed by atoms with E-state index in [9.17, 15) is 14.4 Å². The summed E-state index contributed by atoms with van der Waals surface area (Å²) in [5, 5.41) is 3.42. The van der Waals surface area contributed by atoms with Crippen LogP contribution in [0.5, 0.6) is 5.75 Å². The van der Waals surface area contributed by atoms with E-state index in [0.29, 0.717) is 54.4 Å². The van der Waals surface area contributed by atoms with Crippen molar-refractivity contribution in [2.45, 2.75) is 31.2 Å². The molecule has 0 bridgehead atoms. The summed E-state index contributed by atoms with van der Waals surface area (Å²) >= 11 is 6.08. The second kappa shape index (κ2) is 11.4. The molecule has 0 unspecified atom stereocenters. The Bertz CT molecular complexity index is 1340. The highest BCUT2D eigenvalue weighted by atomic mass is 35.5. The number of nitrogens with one attached hydrogen (secondary N) is 1. The predicted octanol–water partition coefficient (Wildman–Crippen LogP) is 3.53. The number of carbonyl (C=O) groups is 3. The Hall–Kier alpha value is -3.95. The Morgan fingerprint density at radius 3 is 2.41 bits per heavy atom. The van der Waals surface area contributed by atoms with E-state index in [4.69, 9.17) is 21.1 Å². The molecule has 3 amide bonds. The molecule has 3 aromatic rings. The van der Waals surface area contributed by atoms with Crippen molar-refractivity contribution in [1.29, 1.82) is 0 Å². The molecule has 2 aromatic carbocycles. The second-order valence-electron chi connectivity index (χ2n) is 9.55. The summed E-state index contributed by atoms with van der Waals surface area (Å²) in [6, 6.07) is 16.4. The van der Waals surface area contributed by atoms with Crippen molar-refractivity contribution in [2.75, 3.05) is 26.8 Å². The minimum absolute atomic E-state index is 0.0618. The lowest BCUT2D eigenvalue weighted by Crippen LogP contribution is -2.59. The predicted molar refractivity (Wildman–Crippen MR) is 144 cm³/mol. The SMILES string of the molecule is COc1ccc(C(=O)N2[C@H](C(=O)NCc3ccncc3)COC23CCN(C(=O)c2cccc(Cl)c2)CC3)cc1. The fourth-order valence-electron chi connectivity index (χ4n) is 5.11. The lowest BCUT2D eigenvalue weighted by molar-refractivity contribution is -0.128. The van der Waals surface area contributed by atoms with Gasteiger partial charge in [0.2, 0.25) is 5.91 Å². The molecular formula is C29H29ClN4O5. The van der Waals surface area contributed by atoms with Gasteiger partial charge in [0.15, 0.2) is 0 Å². The van der Waals surface area contributed by atoms with Gasteiger partial charge in [0, 0.05) is 61.0 Å². The van der Waals surface area contributed by atoms with Crippen LogP contribution in [0.3, 0.4) is 0 Å². The Kier molecular flexibility index (Phi) is 7.81. The maximum atomic E-state index is 13.9. The lowest BCUT2D eigenvalue weighted by Gasteiger charge is -2.44. The van der Waals surface area contributed by atoms with Crippen LogP contribution in [-0.2, 0) is 16.1 Å². The minimum Gasteiger partial charge on any atom is -0.497 e. The Morgan fingerprint density at radius 1 is 1.03 bits per heavy atom. The number of halogens is 1. The van der Waals surface area contributed by atoms with Crippen molar-refractivity contribution in [1.82, 2.24) is 20.1 Å². The summed E-state index contributed by atoms with van der Waals surface area (Å²) < 4.78 is 11.5. The highest BCUT2D eigenvalue weighted by molar-refractivity contribution is 6.30. The molecule has 1 atom stereocenters. The summed E-state index contributed by atoms with van der Waals surface area (Å²) in [7, 11) is 1.56. The number of ether oxygens (including phenoxy) is 2. The van der Waals surface area contributed by atoms with Gasteiger partial charge in [-0.3, -0.25) is 24.3 Å². The molecule has 3 heterocycles. The molecule has 2 fully saturated rings. The minimum atomic E-state index is -1.01. The number of hydrogen-bond acceptors (Lipinski definition) is 6. The molecule has 10 heteroatoms. The third-order valence-electron chi connectivity index (χ3n) is 7.24. The molecule has 2 aliphatic heterocycles. The van der Waals surface area contributed by atoms with Crippen LogP contribution in [0.15, 0.2) is 73.1 Å². The first kappa shape index (κ1) is 26.6. The van der Waals surface area contributed by atoms with Gasteiger partial charge in [-0.15, -0.1) is 0 Å². The smallest absolute Gasteiger partial charge is 0.256 e. The Morgan fingerprint density at radius 2 is 1.74 bits per heavy atom. The molecule has 9 nitrogen and oxygen atoms in total. The number of amides is 3. The van der Waals surface area contributed by atoms with Crippen molar-refractivity contribution < 1.29 is 23.9 Å². The third kappa shape index (κ3) is 5.60. The number of likely N-dealkylation sites (tertiary alicyclic amines) is 1. The van der Waals surface area contributed by atoms with Crippen LogP contribution in [0.4, 0.5) is 0 Å². The molecule has 1 spiro atoms. The number of piperidine rings is 1. The van der Waals surface area contributed by atoms with Crippen LogP contribution < -0.4 is 10.1 Å². The largest absolute Gasteiger partial charge is 0.497 e. The molecule has 0 aliphatic carbocycles. The maximum Gasteiger partial charge on any atom is 0.256 e. The number of aromatic nitrogens is 1. The van der Waals surface area contributed by atoms with Gasteiger partial charge < -0.3 is 19.7 Å². The number of carbonyl (C=O) groups excluding carboxylic acids is 3. The molecular weight excluding hydrogens is 520 g/mol. The molecule has 2 saturated heterocycles. The first-order valence-electron chi connectivity index (χ1n) is 12.7. The molecule has 0 saturated carbocycles. The van der Waals surface area contributed by atoms with E-state index in [0.717, 1.165) is 5.56 Å². The van der Waals surface area contributed by atoms with Crippen LogP contribution in [0, 0.1) is 0 Å². The van der Waals surface area contributed by atoms with Crippen molar-refractivity contribution in [3.8, 4) is 5.75 Å². The maximum absolute atomic E-state index is 13.9. The van der Waals surface area contributed by atoms with E-state index in [1.807, 2.05) is 12.1 Å². The van der Waals surface area contributed by atoms with Gasteiger partial charge in [-0.05, 0) is 60.2 Å². The second-order valence-corrected chi connectivity index (χ2v) is 9.99. The fourth-order valence-corrected chi connectivity index (χ4v) is 5.30. The zero-order chi connectivity index (χ0) is 27.4. The number of nitrogens with zero attached hydrogens (tertiary/aromatic N) is 3. The number of pyridine rings is 1. The first-order valence-corrected chi connectivity index (χ1v) is 13.1. The van der Waals surface area contributed by atoms with Gasteiger partial charge >= 0.3 is 0 Å². The number of benzene rings is 2. The van der Waals surface area contributed by atoms with Crippen molar-refractivity contribution >= 4 is 29.3 Å². The standard InChI is InChI=1S/C29H29ClN4O5/c1-38-24-7-5-21(6-8-24)28(37)34-25(26(35)32-18-20-9-13-31-14-10-20)19-39-29(34)11-15-33(16-12-29)27(36)22-3-2-4-23(30)17-22/h2-10,13-14,17,25H,11-12,15-16,18-19H2,1H3,(H,32,35)/t25-/m0/s1. The average Bonchev–Trinajstić information content (AvgIpc) is 3.34. The topological polar surface area (TPSA) is 101 Å². The average molecular weight is 549 g/mol. The highest BCUT2D eigenvalue weighted by Gasteiger charge is 2.54. The van der Waals surface area contributed by atoms with Gasteiger partial charge in [-0.2, -0.15) is 0 Å². The van der Waals surface area contributed by atoms with Gasteiger partial charge in [0.05, 0.1) is 13.7 Å². The molecule has 1 N–H and O–H groups in total. The lowest BCUT2D eigenvalue weighted by atomic mass is 9.96. The Balaban J connectivity index is 1.36. The third-order valence-corrected chi connectivity index (χ3v) is 7.47. The molecule has 2 aliphatic rings. The van der Waals surface area contributed by atoms with Gasteiger partial charge in [-0.25, -0.2) is 0 Å². The van der Waals surface area contributed by atoms with E-state index in [-0.39, 0.29) is 24.3 Å². The Labute approximate surface area is 231 Å². The zero-order valence-electron chi connectivity index (χ0n) is 21.5. The number of hydrogen-bond donors (Lipinski definition) is 1. The van der Waals surface area contributed by atoms with Crippen LogP contribution >= 0.6 is 11.6 Å². The quantitative estimate of drug-likeness (QED) is 0.506. The fraction of sp³-hybridized carbons (Fsp3) is 0.310. The zero-order valence-corrected chi connectivity index (χ0v) is 22.3. The van der Waals surface area contributed by atoms with Gasteiger partial charge in [0.25, 0.3) is 11.8 Å². The summed E-state index contributed by atoms with van der Waals surface area (Å²) in [4.78, 5) is 47.7. The van der Waals surface area contributed by atoms with Crippen LogP contribution in [0.1, 0.15) is 39.1 Å². The van der Waals surface area contributed by atoms with E-state index >= 15 is 0 Å². The van der Waals surface area contributed by atoms with E-state index < -0.39 is 11.8 Å². The van der Waals surface area contributed by atoms with Crippen LogP contribution in [-0.4, -0.2) is 71.1 Å².